The van der Waals surface area contributed by atoms with Crippen LogP contribution in [0.25, 0.3) is 17.3 Å². The molecule has 0 bridgehead atoms. The number of amides is 1. The molecule has 3 rings (SSSR count). The number of aromatic nitrogens is 3. The Morgan fingerprint density at radius 2 is 2.15 bits per heavy atom. The van der Waals surface area contributed by atoms with Crippen LogP contribution in [0.1, 0.15) is 18.1 Å². The summed E-state index contributed by atoms with van der Waals surface area (Å²) >= 11 is 1.32. The third-order valence-electron chi connectivity index (χ3n) is 3.78. The van der Waals surface area contributed by atoms with Crippen molar-refractivity contribution in [2.24, 2.45) is 7.05 Å². The first-order chi connectivity index (χ1) is 12.6. The molecule has 6 nitrogen and oxygen atoms in total. The van der Waals surface area contributed by atoms with Gasteiger partial charge in [0.2, 0.25) is 0 Å². The molecule has 7 heteroatoms. The fourth-order valence-electron chi connectivity index (χ4n) is 2.37. The van der Waals surface area contributed by atoms with E-state index in [0.717, 1.165) is 17.7 Å². The van der Waals surface area contributed by atoms with E-state index in [1.54, 1.807) is 24.1 Å². The van der Waals surface area contributed by atoms with Gasteiger partial charge in [-0.3, -0.25) is 14.8 Å². The van der Waals surface area contributed by atoms with E-state index in [0.29, 0.717) is 10.7 Å². The first-order valence-corrected chi connectivity index (χ1v) is 8.93. The summed E-state index contributed by atoms with van der Waals surface area (Å²) in [5, 5.41) is 18.3. The lowest BCUT2D eigenvalue weighted by Gasteiger charge is -2.00. The quantitative estimate of drug-likeness (QED) is 0.554. The van der Waals surface area contributed by atoms with E-state index in [9.17, 15) is 10.1 Å². The fourth-order valence-corrected chi connectivity index (χ4v) is 3.08. The third-order valence-corrected chi connectivity index (χ3v) is 4.54. The van der Waals surface area contributed by atoms with E-state index in [4.69, 9.17) is 0 Å². The summed E-state index contributed by atoms with van der Waals surface area (Å²) in [4.78, 5) is 16.8. The number of carbonyl (C=O) groups is 1. The maximum atomic E-state index is 12.3. The topological polar surface area (TPSA) is 83.6 Å². The van der Waals surface area contributed by atoms with Gasteiger partial charge in [0.1, 0.15) is 11.6 Å². The second-order valence-corrected chi connectivity index (χ2v) is 6.52. The summed E-state index contributed by atoms with van der Waals surface area (Å²) in [6, 6.07) is 10.1. The van der Waals surface area contributed by atoms with Crippen LogP contribution >= 0.6 is 11.3 Å². The minimum absolute atomic E-state index is 0.00190. The zero-order chi connectivity index (χ0) is 18.5. The Morgan fingerprint density at radius 3 is 2.77 bits per heavy atom. The first-order valence-electron chi connectivity index (χ1n) is 8.05. The van der Waals surface area contributed by atoms with Gasteiger partial charge < -0.3 is 0 Å². The van der Waals surface area contributed by atoms with Gasteiger partial charge in [-0.2, -0.15) is 10.4 Å². The standard InChI is InChI=1S/C19H17N5OS/c1-3-13-4-6-15(7-5-13)17-12-26-19(22-17)23-18(25)16(9-20)8-14-10-21-24(2)11-14/h4-8,10-12H,3H2,1-2H3,(H,22,23,25)/b16-8+. The van der Waals surface area contributed by atoms with Crippen molar-refractivity contribution in [3.8, 4) is 17.3 Å². The zero-order valence-electron chi connectivity index (χ0n) is 14.4. The third kappa shape index (κ3) is 4.05. The van der Waals surface area contributed by atoms with Crippen LogP contribution in [-0.2, 0) is 18.3 Å². The lowest BCUT2D eigenvalue weighted by atomic mass is 10.1. The molecule has 0 unspecified atom stereocenters. The number of hydrogen-bond acceptors (Lipinski definition) is 5. The van der Waals surface area contributed by atoms with E-state index in [-0.39, 0.29) is 5.57 Å². The van der Waals surface area contributed by atoms with Crippen LogP contribution in [0.3, 0.4) is 0 Å². The molecule has 0 atom stereocenters. The molecule has 2 aromatic heterocycles. The molecule has 130 valence electrons. The van der Waals surface area contributed by atoms with Crippen LogP contribution in [0.2, 0.25) is 0 Å². The monoisotopic (exact) mass is 363 g/mol. The van der Waals surface area contributed by atoms with Crippen molar-refractivity contribution in [3.63, 3.8) is 0 Å². The van der Waals surface area contributed by atoms with Gasteiger partial charge in [0.25, 0.3) is 5.91 Å². The molecule has 0 aliphatic carbocycles. The predicted octanol–water partition coefficient (Wildman–Crippen LogP) is 3.65. The molecule has 0 aliphatic rings. The van der Waals surface area contributed by atoms with Crippen molar-refractivity contribution in [2.45, 2.75) is 13.3 Å². The number of rotatable bonds is 5. The number of anilines is 1. The number of thiazole rings is 1. The summed E-state index contributed by atoms with van der Waals surface area (Å²) in [6.07, 6.45) is 5.80. The number of hydrogen-bond donors (Lipinski definition) is 1. The summed E-state index contributed by atoms with van der Waals surface area (Å²) in [6.45, 7) is 2.11. The maximum Gasteiger partial charge on any atom is 0.268 e. The van der Waals surface area contributed by atoms with Crippen molar-refractivity contribution in [1.82, 2.24) is 14.8 Å². The number of aryl methyl sites for hydroxylation is 2. The predicted molar refractivity (Wildman–Crippen MR) is 102 cm³/mol. The molecule has 0 fully saturated rings. The Balaban J connectivity index is 1.74. The van der Waals surface area contributed by atoms with Crippen LogP contribution < -0.4 is 5.32 Å². The van der Waals surface area contributed by atoms with E-state index in [1.165, 1.54) is 23.0 Å². The highest BCUT2D eigenvalue weighted by atomic mass is 32.1. The smallest absolute Gasteiger partial charge is 0.268 e. The lowest BCUT2D eigenvalue weighted by molar-refractivity contribution is -0.112. The van der Waals surface area contributed by atoms with Gasteiger partial charge in [0.15, 0.2) is 5.13 Å². The molecule has 1 amide bonds. The van der Waals surface area contributed by atoms with E-state index in [1.807, 2.05) is 23.6 Å². The molecule has 0 spiro atoms. The summed E-state index contributed by atoms with van der Waals surface area (Å²) in [7, 11) is 1.77. The van der Waals surface area contributed by atoms with Crippen LogP contribution in [0.5, 0.6) is 0 Å². The van der Waals surface area contributed by atoms with Crippen LogP contribution in [0.4, 0.5) is 5.13 Å². The Bertz CT molecular complexity index is 992. The Hall–Kier alpha value is -3.24. The van der Waals surface area contributed by atoms with Crippen molar-refractivity contribution in [2.75, 3.05) is 5.32 Å². The molecule has 0 aliphatic heterocycles. The van der Waals surface area contributed by atoms with Gasteiger partial charge in [0, 0.05) is 29.8 Å². The molecular weight excluding hydrogens is 346 g/mol. The minimum Gasteiger partial charge on any atom is -0.297 e. The average molecular weight is 363 g/mol. The summed E-state index contributed by atoms with van der Waals surface area (Å²) < 4.78 is 1.61. The zero-order valence-corrected chi connectivity index (χ0v) is 15.2. The number of nitriles is 1. The van der Waals surface area contributed by atoms with Gasteiger partial charge in [-0.15, -0.1) is 11.3 Å². The van der Waals surface area contributed by atoms with Gasteiger partial charge in [-0.05, 0) is 18.1 Å². The number of benzene rings is 1. The molecule has 26 heavy (non-hydrogen) atoms. The Kier molecular flexibility index (Phi) is 5.25. The molecule has 1 N–H and O–H groups in total. The van der Waals surface area contributed by atoms with Crippen LogP contribution in [0.15, 0.2) is 47.6 Å². The van der Waals surface area contributed by atoms with Gasteiger partial charge in [-0.25, -0.2) is 4.98 Å². The minimum atomic E-state index is -0.487. The summed E-state index contributed by atoms with van der Waals surface area (Å²) in [5.74, 6) is -0.487. The average Bonchev–Trinajstić information content (AvgIpc) is 3.28. The second kappa shape index (κ2) is 7.76. The molecule has 2 heterocycles. The van der Waals surface area contributed by atoms with Crippen molar-refractivity contribution < 1.29 is 4.79 Å². The molecule has 0 radical (unpaired) electrons. The van der Waals surface area contributed by atoms with Crippen molar-refractivity contribution in [3.05, 3.63) is 58.7 Å². The Labute approximate surface area is 155 Å². The summed E-state index contributed by atoms with van der Waals surface area (Å²) in [5.41, 5.74) is 3.74. The van der Waals surface area contributed by atoms with Crippen LogP contribution in [0, 0.1) is 11.3 Å². The van der Waals surface area contributed by atoms with E-state index < -0.39 is 5.91 Å². The highest BCUT2D eigenvalue weighted by Crippen LogP contribution is 2.25. The molecular formula is C19H17N5OS. The first kappa shape index (κ1) is 17.6. The molecule has 0 saturated heterocycles. The molecule has 0 saturated carbocycles. The highest BCUT2D eigenvalue weighted by molar-refractivity contribution is 7.14. The van der Waals surface area contributed by atoms with Gasteiger partial charge >= 0.3 is 0 Å². The van der Waals surface area contributed by atoms with Gasteiger partial charge in [-0.1, -0.05) is 31.2 Å². The Morgan fingerprint density at radius 1 is 1.38 bits per heavy atom. The largest absolute Gasteiger partial charge is 0.297 e. The van der Waals surface area contributed by atoms with E-state index >= 15 is 0 Å². The highest BCUT2D eigenvalue weighted by Gasteiger charge is 2.13. The van der Waals surface area contributed by atoms with Gasteiger partial charge in [0.05, 0.1) is 11.9 Å². The van der Waals surface area contributed by atoms with Crippen molar-refractivity contribution in [1.29, 1.82) is 5.26 Å². The fraction of sp³-hybridized carbons (Fsp3) is 0.158. The number of nitrogens with zero attached hydrogens (tertiary/aromatic N) is 4. The molecule has 3 aromatic rings. The second-order valence-electron chi connectivity index (χ2n) is 5.66. The number of nitrogens with one attached hydrogen (secondary N) is 1. The normalized spacial score (nSPS) is 11.2. The SMILES string of the molecule is CCc1ccc(-c2csc(NC(=O)/C(C#N)=C/c3cnn(C)c3)n2)cc1. The van der Waals surface area contributed by atoms with E-state index in [2.05, 4.69) is 34.5 Å². The maximum absolute atomic E-state index is 12.3. The lowest BCUT2D eigenvalue weighted by Crippen LogP contribution is -2.13. The van der Waals surface area contributed by atoms with Crippen LogP contribution in [-0.4, -0.2) is 20.7 Å². The molecule has 1 aromatic carbocycles. The number of carbonyl (C=O) groups excluding carboxylic acids is 1. The van der Waals surface area contributed by atoms with Crippen molar-refractivity contribution >= 4 is 28.5 Å².